The summed E-state index contributed by atoms with van der Waals surface area (Å²) in [6.45, 7) is 0.725. The van der Waals surface area contributed by atoms with Crippen molar-refractivity contribution in [1.29, 1.82) is 0 Å². The Balaban J connectivity index is 1.61. The van der Waals surface area contributed by atoms with Crippen LogP contribution < -0.4 is 15.5 Å². The standard InChI is InChI=1S/C17H23N3O3/c21-15-8-2-1-7-14(15)19-17(23)18-12-5-3-6-13(11-12)20-10-4-9-16(20)22/h3,5-6,11,14-15,21H,1-2,4,7-10H2,(H2,18,19,23). The molecule has 1 saturated heterocycles. The lowest BCUT2D eigenvalue weighted by atomic mass is 9.93. The van der Waals surface area contributed by atoms with E-state index in [9.17, 15) is 14.7 Å². The normalized spacial score (nSPS) is 24.6. The highest BCUT2D eigenvalue weighted by Crippen LogP contribution is 2.24. The van der Waals surface area contributed by atoms with Gasteiger partial charge in [-0.25, -0.2) is 4.79 Å². The summed E-state index contributed by atoms with van der Waals surface area (Å²) in [6.07, 6.45) is 4.55. The average molecular weight is 317 g/mol. The summed E-state index contributed by atoms with van der Waals surface area (Å²) in [5, 5.41) is 15.5. The van der Waals surface area contributed by atoms with Gasteiger partial charge in [0.1, 0.15) is 0 Å². The van der Waals surface area contributed by atoms with Gasteiger partial charge in [-0.05, 0) is 37.5 Å². The Morgan fingerprint density at radius 3 is 2.78 bits per heavy atom. The average Bonchev–Trinajstić information content (AvgIpc) is 2.96. The zero-order valence-corrected chi connectivity index (χ0v) is 13.1. The van der Waals surface area contributed by atoms with Crippen LogP contribution in [0.4, 0.5) is 16.2 Å². The Labute approximate surface area is 135 Å². The molecule has 6 nitrogen and oxygen atoms in total. The van der Waals surface area contributed by atoms with Gasteiger partial charge >= 0.3 is 6.03 Å². The molecule has 3 rings (SSSR count). The Hall–Kier alpha value is -2.08. The molecule has 2 fully saturated rings. The van der Waals surface area contributed by atoms with E-state index in [0.29, 0.717) is 12.1 Å². The quantitative estimate of drug-likeness (QED) is 0.799. The summed E-state index contributed by atoms with van der Waals surface area (Å²) in [7, 11) is 0. The van der Waals surface area contributed by atoms with Crippen LogP contribution in [0, 0.1) is 0 Å². The number of benzene rings is 1. The van der Waals surface area contributed by atoms with Crippen molar-refractivity contribution in [2.75, 3.05) is 16.8 Å². The minimum atomic E-state index is -0.469. The molecule has 3 N–H and O–H groups in total. The Kier molecular flexibility index (Phi) is 4.81. The van der Waals surface area contributed by atoms with E-state index in [4.69, 9.17) is 0 Å². The van der Waals surface area contributed by atoms with Gasteiger partial charge in [0.25, 0.3) is 0 Å². The summed E-state index contributed by atoms with van der Waals surface area (Å²) in [4.78, 5) is 25.7. The monoisotopic (exact) mass is 317 g/mol. The molecular formula is C17H23N3O3. The lowest BCUT2D eigenvalue weighted by Crippen LogP contribution is -2.46. The van der Waals surface area contributed by atoms with Crippen LogP contribution in [0.5, 0.6) is 0 Å². The van der Waals surface area contributed by atoms with Gasteiger partial charge in [-0.15, -0.1) is 0 Å². The molecule has 2 aliphatic rings. The minimum Gasteiger partial charge on any atom is -0.391 e. The van der Waals surface area contributed by atoms with Crippen LogP contribution in [-0.2, 0) is 4.79 Å². The van der Waals surface area contributed by atoms with Gasteiger partial charge in [0, 0.05) is 24.3 Å². The number of hydrogen-bond acceptors (Lipinski definition) is 3. The van der Waals surface area contributed by atoms with Gasteiger partial charge in [0.05, 0.1) is 12.1 Å². The maximum atomic E-state index is 12.1. The summed E-state index contributed by atoms with van der Waals surface area (Å²) < 4.78 is 0. The van der Waals surface area contributed by atoms with Crippen LogP contribution in [-0.4, -0.2) is 35.7 Å². The first-order chi connectivity index (χ1) is 11.1. The fraction of sp³-hybridized carbons (Fsp3) is 0.529. The molecule has 6 heteroatoms. The number of amides is 3. The molecule has 1 saturated carbocycles. The zero-order valence-electron chi connectivity index (χ0n) is 13.1. The summed E-state index contributed by atoms with van der Waals surface area (Å²) in [5.74, 6) is 0.122. The molecule has 1 aromatic carbocycles. The van der Waals surface area contributed by atoms with E-state index in [1.165, 1.54) is 0 Å². The van der Waals surface area contributed by atoms with Crippen molar-refractivity contribution in [2.45, 2.75) is 50.7 Å². The Morgan fingerprint density at radius 2 is 2.04 bits per heavy atom. The highest BCUT2D eigenvalue weighted by Gasteiger charge is 2.25. The Bertz CT molecular complexity index is 590. The molecule has 2 unspecified atom stereocenters. The number of nitrogens with zero attached hydrogens (tertiary/aromatic N) is 1. The third kappa shape index (κ3) is 3.82. The van der Waals surface area contributed by atoms with Crippen LogP contribution in [0.25, 0.3) is 0 Å². The fourth-order valence-electron chi connectivity index (χ4n) is 3.29. The minimum absolute atomic E-state index is 0.122. The number of rotatable bonds is 3. The first kappa shape index (κ1) is 15.8. The highest BCUT2D eigenvalue weighted by atomic mass is 16.3. The van der Waals surface area contributed by atoms with E-state index in [1.807, 2.05) is 12.1 Å². The van der Waals surface area contributed by atoms with Crippen molar-refractivity contribution in [3.8, 4) is 0 Å². The van der Waals surface area contributed by atoms with E-state index in [2.05, 4.69) is 10.6 Å². The lowest BCUT2D eigenvalue weighted by molar-refractivity contribution is -0.117. The molecule has 0 spiro atoms. The van der Waals surface area contributed by atoms with Crippen molar-refractivity contribution in [3.05, 3.63) is 24.3 Å². The van der Waals surface area contributed by atoms with Crippen molar-refractivity contribution >= 4 is 23.3 Å². The number of aliphatic hydroxyl groups is 1. The van der Waals surface area contributed by atoms with Crippen molar-refractivity contribution in [1.82, 2.24) is 5.32 Å². The highest BCUT2D eigenvalue weighted by molar-refractivity contribution is 5.96. The summed E-state index contributed by atoms with van der Waals surface area (Å²) in [6, 6.07) is 6.79. The number of carbonyl (C=O) groups excluding carboxylic acids is 2. The largest absolute Gasteiger partial charge is 0.391 e. The third-order valence-electron chi connectivity index (χ3n) is 4.54. The number of urea groups is 1. The second-order valence-corrected chi connectivity index (χ2v) is 6.26. The number of aliphatic hydroxyl groups excluding tert-OH is 1. The van der Waals surface area contributed by atoms with Crippen molar-refractivity contribution < 1.29 is 14.7 Å². The Morgan fingerprint density at radius 1 is 1.22 bits per heavy atom. The zero-order chi connectivity index (χ0) is 16.2. The van der Waals surface area contributed by atoms with Crippen LogP contribution in [0.2, 0.25) is 0 Å². The van der Waals surface area contributed by atoms with Gasteiger partial charge < -0.3 is 20.6 Å². The number of carbonyl (C=O) groups is 2. The van der Waals surface area contributed by atoms with E-state index in [1.54, 1.807) is 17.0 Å². The van der Waals surface area contributed by atoms with Crippen LogP contribution in [0.1, 0.15) is 38.5 Å². The van der Waals surface area contributed by atoms with E-state index in [0.717, 1.165) is 44.3 Å². The van der Waals surface area contributed by atoms with Gasteiger partial charge in [-0.2, -0.15) is 0 Å². The molecule has 1 aliphatic carbocycles. The topological polar surface area (TPSA) is 81.7 Å². The lowest BCUT2D eigenvalue weighted by Gasteiger charge is -2.28. The predicted octanol–water partition coefficient (Wildman–Crippen LogP) is 2.24. The van der Waals surface area contributed by atoms with Gasteiger partial charge in [0.2, 0.25) is 5.91 Å². The first-order valence-corrected chi connectivity index (χ1v) is 8.29. The van der Waals surface area contributed by atoms with Crippen molar-refractivity contribution in [3.63, 3.8) is 0 Å². The summed E-state index contributed by atoms with van der Waals surface area (Å²) in [5.41, 5.74) is 1.45. The maximum absolute atomic E-state index is 12.1. The number of hydrogen-bond donors (Lipinski definition) is 3. The smallest absolute Gasteiger partial charge is 0.319 e. The molecule has 1 aliphatic heterocycles. The van der Waals surface area contributed by atoms with Crippen LogP contribution >= 0.6 is 0 Å². The molecule has 0 aromatic heterocycles. The fourth-order valence-corrected chi connectivity index (χ4v) is 3.29. The molecule has 0 bridgehead atoms. The van der Waals surface area contributed by atoms with Gasteiger partial charge in [0.15, 0.2) is 0 Å². The molecule has 1 aromatic rings. The van der Waals surface area contributed by atoms with Gasteiger partial charge in [-0.1, -0.05) is 18.9 Å². The number of anilines is 2. The maximum Gasteiger partial charge on any atom is 0.319 e. The number of nitrogens with one attached hydrogen (secondary N) is 2. The molecule has 124 valence electrons. The molecular weight excluding hydrogens is 294 g/mol. The molecule has 0 radical (unpaired) electrons. The molecule has 2 atom stereocenters. The summed E-state index contributed by atoms with van der Waals surface area (Å²) >= 11 is 0. The van der Waals surface area contributed by atoms with E-state index in [-0.39, 0.29) is 18.0 Å². The molecule has 1 heterocycles. The van der Waals surface area contributed by atoms with Crippen LogP contribution in [0.15, 0.2) is 24.3 Å². The van der Waals surface area contributed by atoms with Crippen LogP contribution in [0.3, 0.4) is 0 Å². The molecule has 23 heavy (non-hydrogen) atoms. The third-order valence-corrected chi connectivity index (χ3v) is 4.54. The second kappa shape index (κ2) is 7.00. The van der Waals surface area contributed by atoms with E-state index < -0.39 is 6.10 Å². The van der Waals surface area contributed by atoms with Crippen molar-refractivity contribution in [2.24, 2.45) is 0 Å². The predicted molar refractivity (Wildman–Crippen MR) is 88.4 cm³/mol. The first-order valence-electron chi connectivity index (χ1n) is 8.29. The SMILES string of the molecule is O=C(Nc1cccc(N2CCCC2=O)c1)NC1CCCCC1O. The molecule has 3 amide bonds. The van der Waals surface area contributed by atoms with Gasteiger partial charge in [-0.3, -0.25) is 4.79 Å². The van der Waals surface area contributed by atoms with E-state index >= 15 is 0 Å². The second-order valence-electron chi connectivity index (χ2n) is 6.26.